The van der Waals surface area contributed by atoms with Gasteiger partial charge in [0.25, 0.3) is 0 Å². The Labute approximate surface area is 86.4 Å². The molecule has 1 aromatic rings. The Kier molecular flexibility index (Phi) is 3.73. The fourth-order valence-corrected chi connectivity index (χ4v) is 1.17. The van der Waals surface area contributed by atoms with Crippen molar-refractivity contribution in [1.82, 2.24) is 15.3 Å². The van der Waals surface area contributed by atoms with Gasteiger partial charge >= 0.3 is 5.97 Å². The molecule has 0 aliphatic rings. The number of aliphatic carboxylic acids is 1. The number of carboxylic acids is 1. The lowest BCUT2D eigenvalue weighted by molar-refractivity contribution is -0.137. The molecule has 0 radical (unpaired) electrons. The second-order valence-corrected chi connectivity index (χ2v) is 2.96. The van der Waals surface area contributed by atoms with Crippen LogP contribution >= 0.6 is 0 Å². The lowest BCUT2D eigenvalue weighted by Crippen LogP contribution is -2.23. The Morgan fingerprint density at radius 2 is 2.47 bits per heavy atom. The maximum Gasteiger partial charge on any atom is 0.305 e. The van der Waals surface area contributed by atoms with E-state index in [2.05, 4.69) is 15.3 Å². The molecule has 1 rings (SSSR count). The maximum absolute atomic E-state index is 10.5. The normalized spacial score (nSPS) is 11.8. The molecule has 1 aromatic heterocycles. The van der Waals surface area contributed by atoms with Crippen LogP contribution in [-0.2, 0) is 9.59 Å². The fourth-order valence-electron chi connectivity index (χ4n) is 1.17. The van der Waals surface area contributed by atoms with E-state index in [9.17, 15) is 9.59 Å². The summed E-state index contributed by atoms with van der Waals surface area (Å²) in [6, 6.07) is 0.971. The molecule has 0 aliphatic carbocycles. The van der Waals surface area contributed by atoms with Crippen LogP contribution < -0.4 is 5.32 Å². The number of aromatic nitrogens is 2. The second-order valence-electron chi connectivity index (χ2n) is 2.96. The SMILES string of the molecule is Cc1nccc([C@@H](CC(=O)O)NC=O)n1. The summed E-state index contributed by atoms with van der Waals surface area (Å²) in [4.78, 5) is 28.8. The third-order valence-electron chi connectivity index (χ3n) is 1.80. The van der Waals surface area contributed by atoms with E-state index < -0.39 is 12.0 Å². The molecule has 0 spiro atoms. The van der Waals surface area contributed by atoms with Gasteiger partial charge in [0, 0.05) is 6.20 Å². The number of hydrogen-bond donors (Lipinski definition) is 2. The molecule has 0 aromatic carbocycles. The van der Waals surface area contributed by atoms with Crippen LogP contribution in [0.25, 0.3) is 0 Å². The highest BCUT2D eigenvalue weighted by Crippen LogP contribution is 2.13. The number of carbonyl (C=O) groups excluding carboxylic acids is 1. The molecule has 1 heterocycles. The number of carboxylic acid groups (broad SMARTS) is 1. The quantitative estimate of drug-likeness (QED) is 0.668. The molecule has 0 saturated heterocycles. The first-order valence-electron chi connectivity index (χ1n) is 4.34. The zero-order chi connectivity index (χ0) is 11.3. The second kappa shape index (κ2) is 5.04. The van der Waals surface area contributed by atoms with Gasteiger partial charge < -0.3 is 10.4 Å². The molecule has 1 amide bonds. The number of aryl methyl sites for hydroxylation is 1. The van der Waals surface area contributed by atoms with Gasteiger partial charge in [-0.3, -0.25) is 9.59 Å². The van der Waals surface area contributed by atoms with Crippen molar-refractivity contribution >= 4 is 12.4 Å². The zero-order valence-electron chi connectivity index (χ0n) is 8.17. The predicted molar refractivity (Wildman–Crippen MR) is 51.0 cm³/mol. The van der Waals surface area contributed by atoms with Crippen molar-refractivity contribution in [3.63, 3.8) is 0 Å². The van der Waals surface area contributed by atoms with E-state index in [1.807, 2.05) is 0 Å². The summed E-state index contributed by atoms with van der Waals surface area (Å²) in [7, 11) is 0. The standard InChI is InChI=1S/C9H11N3O3/c1-6-10-3-2-7(12-6)8(11-5-13)4-9(14)15/h2-3,5,8H,4H2,1H3,(H,11,13)(H,14,15)/t8-/m1/s1. The number of nitrogens with zero attached hydrogens (tertiary/aromatic N) is 2. The Balaban J connectivity index is 2.87. The van der Waals surface area contributed by atoms with E-state index in [0.29, 0.717) is 17.9 Å². The highest BCUT2D eigenvalue weighted by atomic mass is 16.4. The summed E-state index contributed by atoms with van der Waals surface area (Å²) in [6.45, 7) is 1.70. The first-order valence-corrected chi connectivity index (χ1v) is 4.34. The molecule has 80 valence electrons. The molecule has 6 heteroatoms. The van der Waals surface area contributed by atoms with E-state index >= 15 is 0 Å². The third-order valence-corrected chi connectivity index (χ3v) is 1.80. The van der Waals surface area contributed by atoms with Gasteiger partial charge in [-0.25, -0.2) is 9.97 Å². The summed E-state index contributed by atoms with van der Waals surface area (Å²) >= 11 is 0. The highest BCUT2D eigenvalue weighted by Gasteiger charge is 2.15. The van der Waals surface area contributed by atoms with E-state index in [4.69, 9.17) is 5.11 Å². The van der Waals surface area contributed by atoms with Gasteiger partial charge in [-0.1, -0.05) is 0 Å². The third kappa shape index (κ3) is 3.34. The van der Waals surface area contributed by atoms with Gasteiger partial charge in [0.05, 0.1) is 18.2 Å². The van der Waals surface area contributed by atoms with Crippen LogP contribution in [0.15, 0.2) is 12.3 Å². The number of amides is 1. The van der Waals surface area contributed by atoms with Gasteiger partial charge in [0.15, 0.2) is 0 Å². The largest absolute Gasteiger partial charge is 0.481 e. The van der Waals surface area contributed by atoms with Crippen LogP contribution in [0.1, 0.15) is 24.0 Å². The molecule has 0 fully saturated rings. The van der Waals surface area contributed by atoms with Crippen molar-refractivity contribution in [2.45, 2.75) is 19.4 Å². The molecule has 1 atom stereocenters. The van der Waals surface area contributed by atoms with Crippen LogP contribution in [-0.4, -0.2) is 27.5 Å². The fraction of sp³-hybridized carbons (Fsp3) is 0.333. The van der Waals surface area contributed by atoms with Crippen molar-refractivity contribution in [1.29, 1.82) is 0 Å². The summed E-state index contributed by atoms with van der Waals surface area (Å²) in [5, 5.41) is 11.0. The molecule has 0 saturated carbocycles. The minimum Gasteiger partial charge on any atom is -0.481 e. The van der Waals surface area contributed by atoms with Crippen LogP contribution in [0.2, 0.25) is 0 Å². The van der Waals surface area contributed by atoms with Gasteiger partial charge in [0.1, 0.15) is 5.82 Å². The summed E-state index contributed by atoms with van der Waals surface area (Å²) in [5.41, 5.74) is 0.497. The minimum atomic E-state index is -0.995. The van der Waals surface area contributed by atoms with E-state index in [1.54, 1.807) is 13.0 Å². The number of carbonyl (C=O) groups is 2. The summed E-state index contributed by atoms with van der Waals surface area (Å²) < 4.78 is 0. The molecule has 0 unspecified atom stereocenters. The first-order chi connectivity index (χ1) is 7.13. The number of hydrogen-bond acceptors (Lipinski definition) is 4. The monoisotopic (exact) mass is 209 g/mol. The lowest BCUT2D eigenvalue weighted by atomic mass is 10.1. The minimum absolute atomic E-state index is 0.199. The molecular weight excluding hydrogens is 198 g/mol. The number of nitrogens with one attached hydrogen (secondary N) is 1. The van der Waals surface area contributed by atoms with Crippen molar-refractivity contribution in [2.24, 2.45) is 0 Å². The smallest absolute Gasteiger partial charge is 0.305 e. The Morgan fingerprint density at radius 3 is 3.00 bits per heavy atom. The Bertz CT molecular complexity index is 367. The highest BCUT2D eigenvalue weighted by molar-refractivity contribution is 5.68. The average Bonchev–Trinajstić information content (AvgIpc) is 2.16. The van der Waals surface area contributed by atoms with E-state index in [1.165, 1.54) is 6.20 Å². The van der Waals surface area contributed by atoms with E-state index in [-0.39, 0.29) is 6.42 Å². The predicted octanol–water partition coefficient (Wildman–Crippen LogP) is 0.0468. The molecule has 0 aliphatic heterocycles. The summed E-state index contributed by atoms with van der Waals surface area (Å²) in [6.07, 6.45) is 1.79. The van der Waals surface area contributed by atoms with Crippen molar-refractivity contribution < 1.29 is 14.7 Å². The molecule has 0 bridgehead atoms. The van der Waals surface area contributed by atoms with Crippen LogP contribution in [0.4, 0.5) is 0 Å². The zero-order valence-corrected chi connectivity index (χ0v) is 8.17. The van der Waals surface area contributed by atoms with Crippen molar-refractivity contribution in [3.8, 4) is 0 Å². The topological polar surface area (TPSA) is 92.2 Å². The van der Waals surface area contributed by atoms with Crippen molar-refractivity contribution in [2.75, 3.05) is 0 Å². The van der Waals surface area contributed by atoms with Crippen LogP contribution in [0, 0.1) is 6.92 Å². The van der Waals surface area contributed by atoms with Gasteiger partial charge in [-0.05, 0) is 13.0 Å². The Morgan fingerprint density at radius 1 is 1.73 bits per heavy atom. The number of rotatable bonds is 5. The first kappa shape index (κ1) is 11.1. The van der Waals surface area contributed by atoms with Gasteiger partial charge in [-0.15, -0.1) is 0 Å². The van der Waals surface area contributed by atoms with Crippen LogP contribution in [0.3, 0.4) is 0 Å². The lowest BCUT2D eigenvalue weighted by Gasteiger charge is -2.12. The molecule has 2 N–H and O–H groups in total. The van der Waals surface area contributed by atoms with Gasteiger partial charge in [0.2, 0.25) is 6.41 Å². The average molecular weight is 209 g/mol. The molecule has 6 nitrogen and oxygen atoms in total. The maximum atomic E-state index is 10.5. The molecule has 15 heavy (non-hydrogen) atoms. The molecular formula is C9H11N3O3. The van der Waals surface area contributed by atoms with Crippen LogP contribution in [0.5, 0.6) is 0 Å². The van der Waals surface area contributed by atoms with E-state index in [0.717, 1.165) is 0 Å². The van der Waals surface area contributed by atoms with Gasteiger partial charge in [-0.2, -0.15) is 0 Å². The Hall–Kier alpha value is -1.98. The van der Waals surface area contributed by atoms with Crippen molar-refractivity contribution in [3.05, 3.63) is 23.8 Å². The summed E-state index contributed by atoms with van der Waals surface area (Å²) in [5.74, 6) is -0.457.